The number of aromatic carboxylic acids is 1. The second-order valence-corrected chi connectivity index (χ2v) is 6.72. The lowest BCUT2D eigenvalue weighted by molar-refractivity contribution is 0.0685. The molecular formula is C12H14N4O4S. The normalized spacial score (nSPS) is 15.1. The highest BCUT2D eigenvalue weighted by atomic mass is 32.2. The van der Waals surface area contributed by atoms with Crippen molar-refractivity contribution in [3.63, 3.8) is 0 Å². The van der Waals surface area contributed by atoms with Crippen LogP contribution in [-0.4, -0.2) is 34.3 Å². The Labute approximate surface area is 120 Å². The first-order chi connectivity index (χ1) is 9.88. The standard InChI is InChI=1S/C12H14N4O4S/c1-7-5-13-14-11(7)15-21(19,20)9-4-10(12(17)18)16(6-9)8-2-3-8/h4-6,8H,2-3H2,1H3,(H,17,18)(H2,13,14,15). The zero-order valence-electron chi connectivity index (χ0n) is 11.2. The van der Waals surface area contributed by atoms with Crippen LogP contribution in [0, 0.1) is 6.92 Å². The number of rotatable bonds is 5. The van der Waals surface area contributed by atoms with E-state index in [-0.39, 0.29) is 22.4 Å². The van der Waals surface area contributed by atoms with Gasteiger partial charge in [-0.05, 0) is 25.8 Å². The van der Waals surface area contributed by atoms with Gasteiger partial charge in [-0.2, -0.15) is 5.10 Å². The highest BCUT2D eigenvalue weighted by molar-refractivity contribution is 7.92. The number of aromatic nitrogens is 3. The van der Waals surface area contributed by atoms with Crippen LogP contribution in [0.15, 0.2) is 23.4 Å². The minimum atomic E-state index is -3.85. The van der Waals surface area contributed by atoms with Crippen LogP contribution in [0.3, 0.4) is 0 Å². The molecule has 0 aromatic carbocycles. The number of sulfonamides is 1. The number of hydrogen-bond acceptors (Lipinski definition) is 4. The summed E-state index contributed by atoms with van der Waals surface area (Å²) >= 11 is 0. The van der Waals surface area contributed by atoms with Crippen LogP contribution in [0.1, 0.15) is 34.9 Å². The van der Waals surface area contributed by atoms with E-state index in [4.69, 9.17) is 5.11 Å². The molecule has 3 N–H and O–H groups in total. The Balaban J connectivity index is 1.97. The summed E-state index contributed by atoms with van der Waals surface area (Å²) in [4.78, 5) is 11.1. The van der Waals surface area contributed by atoms with Crippen molar-refractivity contribution < 1.29 is 18.3 Å². The highest BCUT2D eigenvalue weighted by Gasteiger charge is 2.30. The van der Waals surface area contributed by atoms with Crippen LogP contribution in [0.2, 0.25) is 0 Å². The van der Waals surface area contributed by atoms with E-state index < -0.39 is 16.0 Å². The summed E-state index contributed by atoms with van der Waals surface area (Å²) in [5.41, 5.74) is 0.637. The van der Waals surface area contributed by atoms with Crippen LogP contribution in [0.25, 0.3) is 0 Å². The molecule has 0 bridgehead atoms. The lowest BCUT2D eigenvalue weighted by atomic mass is 10.4. The Morgan fingerprint density at radius 2 is 2.24 bits per heavy atom. The minimum absolute atomic E-state index is 0.0146. The molecule has 1 aliphatic carbocycles. The van der Waals surface area contributed by atoms with Crippen LogP contribution < -0.4 is 4.72 Å². The van der Waals surface area contributed by atoms with E-state index in [1.807, 2.05) is 0 Å². The number of nitrogens with zero attached hydrogens (tertiary/aromatic N) is 2. The fourth-order valence-electron chi connectivity index (χ4n) is 2.07. The van der Waals surface area contributed by atoms with Gasteiger partial charge in [0.2, 0.25) is 0 Å². The van der Waals surface area contributed by atoms with Gasteiger partial charge < -0.3 is 9.67 Å². The van der Waals surface area contributed by atoms with Crippen molar-refractivity contribution in [1.82, 2.24) is 14.8 Å². The van der Waals surface area contributed by atoms with Crippen LogP contribution in [0.4, 0.5) is 5.82 Å². The molecule has 1 fully saturated rings. The predicted molar refractivity (Wildman–Crippen MR) is 73.8 cm³/mol. The van der Waals surface area contributed by atoms with Gasteiger partial charge in [0.05, 0.1) is 6.20 Å². The smallest absolute Gasteiger partial charge is 0.352 e. The molecule has 1 aliphatic rings. The monoisotopic (exact) mass is 310 g/mol. The summed E-state index contributed by atoms with van der Waals surface area (Å²) in [6, 6.07) is 1.25. The zero-order valence-corrected chi connectivity index (χ0v) is 12.0. The lowest BCUT2D eigenvalue weighted by Crippen LogP contribution is -2.13. The third-order valence-corrected chi connectivity index (χ3v) is 4.68. The molecule has 8 nitrogen and oxygen atoms in total. The Kier molecular flexibility index (Phi) is 3.01. The second-order valence-electron chi connectivity index (χ2n) is 5.04. The van der Waals surface area contributed by atoms with E-state index in [2.05, 4.69) is 14.9 Å². The molecular weight excluding hydrogens is 296 g/mol. The molecule has 9 heteroatoms. The molecule has 0 spiro atoms. The molecule has 2 aromatic heterocycles. The van der Waals surface area contributed by atoms with Gasteiger partial charge in [-0.3, -0.25) is 9.82 Å². The quantitative estimate of drug-likeness (QED) is 0.770. The molecule has 1 saturated carbocycles. The summed E-state index contributed by atoms with van der Waals surface area (Å²) in [5.74, 6) is -0.868. The Hall–Kier alpha value is -2.29. The molecule has 21 heavy (non-hydrogen) atoms. The van der Waals surface area contributed by atoms with Gasteiger partial charge in [-0.15, -0.1) is 0 Å². The van der Waals surface area contributed by atoms with Gasteiger partial charge >= 0.3 is 5.97 Å². The molecule has 0 radical (unpaired) electrons. The summed E-state index contributed by atoms with van der Waals surface area (Å²) in [5, 5.41) is 15.5. The predicted octanol–water partition coefficient (Wildman–Crippen LogP) is 1.35. The van der Waals surface area contributed by atoms with Gasteiger partial charge in [0.1, 0.15) is 16.4 Å². The minimum Gasteiger partial charge on any atom is -0.477 e. The topological polar surface area (TPSA) is 117 Å². The fraction of sp³-hybridized carbons (Fsp3) is 0.333. The van der Waals surface area contributed by atoms with Crippen LogP contribution in [-0.2, 0) is 10.0 Å². The Morgan fingerprint density at radius 1 is 1.52 bits per heavy atom. The first-order valence-electron chi connectivity index (χ1n) is 6.36. The molecule has 2 heterocycles. The molecule has 0 saturated heterocycles. The first-order valence-corrected chi connectivity index (χ1v) is 7.85. The van der Waals surface area contributed by atoms with E-state index in [1.54, 1.807) is 6.92 Å². The molecule has 0 atom stereocenters. The molecule has 112 valence electrons. The molecule has 0 unspecified atom stereocenters. The summed E-state index contributed by atoms with van der Waals surface area (Å²) in [6.45, 7) is 1.71. The number of carboxylic acids is 1. The highest BCUT2D eigenvalue weighted by Crippen LogP contribution is 2.37. The molecule has 3 rings (SSSR count). The van der Waals surface area contributed by atoms with Gasteiger partial charge in [0.25, 0.3) is 10.0 Å². The number of carboxylic acid groups (broad SMARTS) is 1. The number of H-pyrrole nitrogens is 1. The maximum Gasteiger partial charge on any atom is 0.352 e. The van der Waals surface area contributed by atoms with Crippen LogP contribution >= 0.6 is 0 Å². The van der Waals surface area contributed by atoms with E-state index in [1.165, 1.54) is 23.0 Å². The third-order valence-electron chi connectivity index (χ3n) is 3.36. The number of aromatic amines is 1. The molecule has 0 aliphatic heterocycles. The number of anilines is 1. The van der Waals surface area contributed by atoms with Crippen molar-refractivity contribution in [2.24, 2.45) is 0 Å². The summed E-state index contributed by atoms with van der Waals surface area (Å²) < 4.78 is 28.5. The molecule has 0 amide bonds. The van der Waals surface area contributed by atoms with Gasteiger partial charge in [0, 0.05) is 17.8 Å². The van der Waals surface area contributed by atoms with Crippen molar-refractivity contribution in [3.05, 3.63) is 29.7 Å². The van der Waals surface area contributed by atoms with Gasteiger partial charge in [-0.25, -0.2) is 13.2 Å². The number of hydrogen-bond donors (Lipinski definition) is 3. The first kappa shape index (κ1) is 13.7. The van der Waals surface area contributed by atoms with Crippen molar-refractivity contribution in [2.45, 2.75) is 30.7 Å². The summed E-state index contributed by atoms with van der Waals surface area (Å²) in [7, 11) is -3.85. The Bertz CT molecular complexity index is 801. The van der Waals surface area contributed by atoms with Crippen LogP contribution in [0.5, 0.6) is 0 Å². The zero-order chi connectivity index (χ0) is 15.2. The second kappa shape index (κ2) is 4.62. The number of carbonyl (C=O) groups is 1. The van der Waals surface area contributed by atoms with E-state index in [9.17, 15) is 13.2 Å². The average molecular weight is 310 g/mol. The Morgan fingerprint density at radius 3 is 2.76 bits per heavy atom. The van der Waals surface area contributed by atoms with Gasteiger partial charge in [-0.1, -0.05) is 0 Å². The maximum absolute atomic E-state index is 12.3. The fourth-order valence-corrected chi connectivity index (χ4v) is 3.18. The van der Waals surface area contributed by atoms with E-state index in [0.717, 1.165) is 12.8 Å². The SMILES string of the molecule is Cc1cn[nH]c1NS(=O)(=O)c1cc(C(=O)O)n(C2CC2)c1. The summed E-state index contributed by atoms with van der Waals surface area (Å²) in [6.07, 6.45) is 4.59. The van der Waals surface area contributed by atoms with Gasteiger partial charge in [0.15, 0.2) is 0 Å². The number of nitrogens with one attached hydrogen (secondary N) is 2. The van der Waals surface area contributed by atoms with Crippen molar-refractivity contribution in [3.8, 4) is 0 Å². The van der Waals surface area contributed by atoms with Crippen molar-refractivity contribution in [2.75, 3.05) is 4.72 Å². The van der Waals surface area contributed by atoms with Crippen molar-refractivity contribution >= 4 is 21.8 Å². The maximum atomic E-state index is 12.3. The third kappa shape index (κ3) is 2.51. The lowest BCUT2D eigenvalue weighted by Gasteiger charge is -2.04. The molecule has 2 aromatic rings. The largest absolute Gasteiger partial charge is 0.477 e. The average Bonchev–Trinajstić information content (AvgIpc) is 3.01. The van der Waals surface area contributed by atoms with Crippen molar-refractivity contribution in [1.29, 1.82) is 0 Å². The van der Waals surface area contributed by atoms with E-state index >= 15 is 0 Å². The van der Waals surface area contributed by atoms with E-state index in [0.29, 0.717) is 5.56 Å². The number of aryl methyl sites for hydroxylation is 1.